The molecule has 1 saturated carbocycles. The van der Waals surface area contributed by atoms with E-state index in [1.807, 2.05) is 23.6 Å². The van der Waals surface area contributed by atoms with Crippen molar-refractivity contribution in [1.29, 1.82) is 0 Å². The number of amides is 2. The van der Waals surface area contributed by atoms with E-state index in [0.29, 0.717) is 19.1 Å². The molecule has 22 heavy (non-hydrogen) atoms. The standard InChI is InChI=1S/C16H23N5O/c1-12-19-14-8-5-9-17-15(14)21(12)11-10-18-16(22)20-13-6-3-2-4-7-13/h5,8-9,13H,2-4,6-7,10-11H2,1H3,(H2,18,20,22). The number of hydrogen-bond acceptors (Lipinski definition) is 3. The molecule has 0 spiro atoms. The molecule has 118 valence electrons. The van der Waals surface area contributed by atoms with Crippen molar-refractivity contribution in [2.24, 2.45) is 0 Å². The Bertz CT molecular complexity index is 645. The molecule has 2 heterocycles. The molecule has 0 bridgehead atoms. The lowest BCUT2D eigenvalue weighted by Gasteiger charge is -2.22. The average Bonchev–Trinajstić information content (AvgIpc) is 2.84. The third kappa shape index (κ3) is 3.37. The highest BCUT2D eigenvalue weighted by molar-refractivity contribution is 5.74. The fourth-order valence-corrected chi connectivity index (χ4v) is 3.10. The van der Waals surface area contributed by atoms with Gasteiger partial charge in [-0.15, -0.1) is 0 Å². The summed E-state index contributed by atoms with van der Waals surface area (Å²) in [5.41, 5.74) is 1.76. The van der Waals surface area contributed by atoms with Crippen LogP contribution < -0.4 is 10.6 Å². The molecule has 6 nitrogen and oxygen atoms in total. The topological polar surface area (TPSA) is 71.8 Å². The Morgan fingerprint density at radius 1 is 1.36 bits per heavy atom. The molecule has 0 unspecified atom stereocenters. The first-order valence-electron chi connectivity index (χ1n) is 8.06. The van der Waals surface area contributed by atoms with Crippen LogP contribution in [-0.4, -0.2) is 33.2 Å². The van der Waals surface area contributed by atoms with Crippen molar-refractivity contribution >= 4 is 17.2 Å². The van der Waals surface area contributed by atoms with Crippen LogP contribution in [0.5, 0.6) is 0 Å². The van der Waals surface area contributed by atoms with Gasteiger partial charge >= 0.3 is 6.03 Å². The summed E-state index contributed by atoms with van der Waals surface area (Å²) in [5.74, 6) is 0.920. The number of pyridine rings is 1. The number of carbonyl (C=O) groups is 1. The van der Waals surface area contributed by atoms with E-state index in [1.54, 1.807) is 6.20 Å². The number of rotatable bonds is 4. The third-order valence-electron chi connectivity index (χ3n) is 4.26. The zero-order valence-corrected chi connectivity index (χ0v) is 13.0. The van der Waals surface area contributed by atoms with Gasteiger partial charge in [0.2, 0.25) is 0 Å². The Kier molecular flexibility index (Phi) is 4.56. The van der Waals surface area contributed by atoms with E-state index < -0.39 is 0 Å². The number of aromatic nitrogens is 3. The van der Waals surface area contributed by atoms with Gasteiger partial charge in [0.25, 0.3) is 0 Å². The maximum Gasteiger partial charge on any atom is 0.315 e. The Morgan fingerprint density at radius 2 is 2.18 bits per heavy atom. The zero-order chi connectivity index (χ0) is 15.4. The number of fused-ring (bicyclic) bond motifs is 1. The van der Waals surface area contributed by atoms with Crippen LogP contribution in [0.1, 0.15) is 37.9 Å². The maximum absolute atomic E-state index is 11.9. The van der Waals surface area contributed by atoms with Crippen LogP contribution in [0.2, 0.25) is 0 Å². The number of nitrogens with one attached hydrogen (secondary N) is 2. The van der Waals surface area contributed by atoms with Crippen LogP contribution in [0.3, 0.4) is 0 Å². The molecular formula is C16H23N5O. The molecule has 2 aromatic rings. The molecule has 2 aromatic heterocycles. The van der Waals surface area contributed by atoms with E-state index in [2.05, 4.69) is 20.6 Å². The summed E-state index contributed by atoms with van der Waals surface area (Å²) in [6, 6.07) is 4.11. The first kappa shape index (κ1) is 14.8. The summed E-state index contributed by atoms with van der Waals surface area (Å²) in [7, 11) is 0. The first-order valence-corrected chi connectivity index (χ1v) is 8.06. The van der Waals surface area contributed by atoms with E-state index in [9.17, 15) is 4.79 Å². The Morgan fingerprint density at radius 3 is 3.00 bits per heavy atom. The zero-order valence-electron chi connectivity index (χ0n) is 13.0. The van der Waals surface area contributed by atoms with Crippen molar-refractivity contribution in [2.45, 2.75) is 51.6 Å². The minimum Gasteiger partial charge on any atom is -0.336 e. The van der Waals surface area contributed by atoms with Crippen LogP contribution in [0.4, 0.5) is 4.79 Å². The Balaban J connectivity index is 1.51. The number of carbonyl (C=O) groups excluding carboxylic acids is 1. The summed E-state index contributed by atoms with van der Waals surface area (Å²) in [4.78, 5) is 20.8. The number of hydrogen-bond donors (Lipinski definition) is 2. The average molecular weight is 301 g/mol. The predicted octanol–water partition coefficient (Wildman–Crippen LogP) is 2.37. The number of imidazole rings is 1. The molecule has 0 radical (unpaired) electrons. The highest BCUT2D eigenvalue weighted by Crippen LogP contribution is 2.17. The van der Waals surface area contributed by atoms with E-state index in [4.69, 9.17) is 0 Å². The summed E-state index contributed by atoms with van der Waals surface area (Å²) in [6.45, 7) is 3.21. The molecule has 3 rings (SSSR count). The van der Waals surface area contributed by atoms with Gasteiger partial charge < -0.3 is 15.2 Å². The highest BCUT2D eigenvalue weighted by Gasteiger charge is 2.15. The molecule has 1 aliphatic rings. The monoisotopic (exact) mass is 301 g/mol. The minimum atomic E-state index is -0.0677. The van der Waals surface area contributed by atoms with Crippen molar-refractivity contribution in [3.63, 3.8) is 0 Å². The lowest BCUT2D eigenvalue weighted by atomic mass is 9.96. The number of aryl methyl sites for hydroxylation is 1. The summed E-state index contributed by atoms with van der Waals surface area (Å²) >= 11 is 0. The SMILES string of the molecule is Cc1nc2cccnc2n1CCNC(=O)NC1CCCCC1. The van der Waals surface area contributed by atoms with Gasteiger partial charge in [-0.1, -0.05) is 19.3 Å². The normalized spacial score (nSPS) is 15.9. The molecule has 2 amide bonds. The van der Waals surface area contributed by atoms with E-state index in [0.717, 1.165) is 29.8 Å². The number of nitrogens with zero attached hydrogens (tertiary/aromatic N) is 3. The van der Waals surface area contributed by atoms with Gasteiger partial charge in [0.15, 0.2) is 5.65 Å². The Hall–Kier alpha value is -2.11. The second kappa shape index (κ2) is 6.77. The van der Waals surface area contributed by atoms with Gasteiger partial charge in [-0.05, 0) is 31.9 Å². The fraction of sp³-hybridized carbons (Fsp3) is 0.562. The summed E-state index contributed by atoms with van der Waals surface area (Å²) in [6.07, 6.45) is 7.70. The number of urea groups is 1. The van der Waals surface area contributed by atoms with Crippen LogP contribution >= 0.6 is 0 Å². The van der Waals surface area contributed by atoms with Gasteiger partial charge in [0.05, 0.1) is 0 Å². The smallest absolute Gasteiger partial charge is 0.315 e. The summed E-state index contributed by atoms with van der Waals surface area (Å²) in [5, 5.41) is 5.99. The molecule has 1 fully saturated rings. The van der Waals surface area contributed by atoms with Crippen LogP contribution in [-0.2, 0) is 6.54 Å². The molecule has 0 aromatic carbocycles. The van der Waals surface area contributed by atoms with Crippen molar-refractivity contribution in [2.75, 3.05) is 6.54 Å². The second-order valence-electron chi connectivity index (χ2n) is 5.89. The Labute approximate surface area is 130 Å². The molecule has 2 N–H and O–H groups in total. The second-order valence-corrected chi connectivity index (χ2v) is 5.89. The van der Waals surface area contributed by atoms with E-state index in [1.165, 1.54) is 19.3 Å². The molecule has 0 atom stereocenters. The van der Waals surface area contributed by atoms with Crippen molar-refractivity contribution < 1.29 is 4.79 Å². The fourth-order valence-electron chi connectivity index (χ4n) is 3.10. The van der Waals surface area contributed by atoms with Gasteiger partial charge in [0, 0.05) is 25.3 Å². The van der Waals surface area contributed by atoms with Gasteiger partial charge in [-0.25, -0.2) is 14.8 Å². The first-order chi connectivity index (χ1) is 10.7. The van der Waals surface area contributed by atoms with Crippen LogP contribution in [0, 0.1) is 6.92 Å². The molecule has 0 saturated heterocycles. The lowest BCUT2D eigenvalue weighted by molar-refractivity contribution is 0.232. The van der Waals surface area contributed by atoms with E-state index >= 15 is 0 Å². The van der Waals surface area contributed by atoms with Gasteiger partial charge in [0.1, 0.15) is 11.3 Å². The van der Waals surface area contributed by atoms with Gasteiger partial charge in [-0.2, -0.15) is 0 Å². The molecule has 0 aliphatic heterocycles. The molecule has 1 aliphatic carbocycles. The van der Waals surface area contributed by atoms with Crippen LogP contribution in [0.25, 0.3) is 11.2 Å². The van der Waals surface area contributed by atoms with Crippen molar-refractivity contribution in [3.8, 4) is 0 Å². The molecular weight excluding hydrogens is 278 g/mol. The third-order valence-corrected chi connectivity index (χ3v) is 4.26. The van der Waals surface area contributed by atoms with Gasteiger partial charge in [-0.3, -0.25) is 0 Å². The van der Waals surface area contributed by atoms with Crippen molar-refractivity contribution in [1.82, 2.24) is 25.2 Å². The maximum atomic E-state index is 11.9. The highest BCUT2D eigenvalue weighted by atomic mass is 16.2. The van der Waals surface area contributed by atoms with Crippen molar-refractivity contribution in [3.05, 3.63) is 24.2 Å². The molecule has 6 heteroatoms. The van der Waals surface area contributed by atoms with Crippen LogP contribution in [0.15, 0.2) is 18.3 Å². The lowest BCUT2D eigenvalue weighted by Crippen LogP contribution is -2.43. The van der Waals surface area contributed by atoms with E-state index in [-0.39, 0.29) is 6.03 Å². The quantitative estimate of drug-likeness (QED) is 0.910. The predicted molar refractivity (Wildman–Crippen MR) is 85.7 cm³/mol. The summed E-state index contributed by atoms with van der Waals surface area (Å²) < 4.78 is 2.04. The minimum absolute atomic E-state index is 0.0677. The largest absolute Gasteiger partial charge is 0.336 e.